The van der Waals surface area contributed by atoms with Gasteiger partial charge in [0.2, 0.25) is 11.8 Å². The van der Waals surface area contributed by atoms with Gasteiger partial charge in [-0.2, -0.15) is 0 Å². The Bertz CT molecular complexity index is 1170. The number of rotatable bonds is 7. The van der Waals surface area contributed by atoms with Crippen LogP contribution < -0.4 is 4.74 Å². The molecule has 1 aromatic heterocycles. The maximum atomic E-state index is 13.7. The molecule has 6 heteroatoms. The molecule has 2 aliphatic rings. The van der Waals surface area contributed by atoms with Crippen LogP contribution in [-0.2, 0) is 22.4 Å². The zero-order chi connectivity index (χ0) is 23.7. The normalized spacial score (nSPS) is 17.2. The van der Waals surface area contributed by atoms with Crippen molar-refractivity contribution in [3.63, 3.8) is 0 Å². The Morgan fingerprint density at radius 1 is 1.06 bits per heavy atom. The summed E-state index contributed by atoms with van der Waals surface area (Å²) in [4.78, 5) is 32.1. The number of hydrogen-bond acceptors (Lipinski definition) is 4. The molecular formula is C28H30N2O3S. The van der Waals surface area contributed by atoms with Crippen molar-refractivity contribution in [2.45, 2.75) is 44.7 Å². The van der Waals surface area contributed by atoms with Crippen LogP contribution in [0, 0.1) is 6.92 Å². The number of methoxy groups -OCH3 is 1. The first kappa shape index (κ1) is 22.7. The zero-order valence-electron chi connectivity index (χ0n) is 19.7. The van der Waals surface area contributed by atoms with Crippen LogP contribution in [0.1, 0.15) is 46.0 Å². The molecule has 1 atom stereocenters. The minimum Gasteiger partial charge on any atom is -0.497 e. The Kier molecular flexibility index (Phi) is 6.42. The van der Waals surface area contributed by atoms with Crippen molar-refractivity contribution in [2.24, 2.45) is 0 Å². The Hall–Kier alpha value is -3.12. The number of ether oxygens (including phenoxy) is 1. The summed E-state index contributed by atoms with van der Waals surface area (Å²) in [7, 11) is 1.63. The molecule has 2 amide bonds. The number of fused-ring (bicyclic) bond motifs is 1. The predicted octanol–water partition coefficient (Wildman–Crippen LogP) is 4.77. The largest absolute Gasteiger partial charge is 0.497 e. The van der Waals surface area contributed by atoms with Crippen LogP contribution in [0.15, 0.2) is 60.0 Å². The number of carbonyl (C=O) groups is 2. The Morgan fingerprint density at radius 2 is 1.79 bits per heavy atom. The van der Waals surface area contributed by atoms with Crippen LogP contribution in [0.25, 0.3) is 0 Å². The molecular weight excluding hydrogens is 444 g/mol. The van der Waals surface area contributed by atoms with Gasteiger partial charge < -0.3 is 14.5 Å². The molecule has 2 aromatic carbocycles. The van der Waals surface area contributed by atoms with Crippen molar-refractivity contribution in [2.75, 3.05) is 20.2 Å². The summed E-state index contributed by atoms with van der Waals surface area (Å²) in [5.41, 5.74) is 4.48. The van der Waals surface area contributed by atoms with Crippen LogP contribution >= 0.6 is 11.3 Å². The molecule has 5 rings (SSSR count). The molecule has 0 spiro atoms. The summed E-state index contributed by atoms with van der Waals surface area (Å²) >= 11 is 1.77. The van der Waals surface area contributed by atoms with Gasteiger partial charge in [0, 0.05) is 17.5 Å². The predicted molar refractivity (Wildman–Crippen MR) is 134 cm³/mol. The van der Waals surface area contributed by atoms with Gasteiger partial charge in [0.15, 0.2) is 0 Å². The SMILES string of the molecule is COc1ccc(CC(=O)N(CC(=O)N2CCc3sccc3C2c2ccc(C)cc2)C2CC2)cc1. The number of benzene rings is 2. The zero-order valence-corrected chi connectivity index (χ0v) is 20.5. The van der Waals surface area contributed by atoms with Gasteiger partial charge >= 0.3 is 0 Å². The molecule has 3 aromatic rings. The van der Waals surface area contributed by atoms with Crippen LogP contribution in [0.2, 0.25) is 0 Å². The molecule has 1 aliphatic heterocycles. The third kappa shape index (κ3) is 4.73. The summed E-state index contributed by atoms with van der Waals surface area (Å²) in [5.74, 6) is 0.809. The van der Waals surface area contributed by atoms with Gasteiger partial charge in [-0.15, -0.1) is 11.3 Å². The van der Waals surface area contributed by atoms with Gasteiger partial charge in [-0.3, -0.25) is 9.59 Å². The third-order valence-electron chi connectivity index (χ3n) is 6.81. The molecule has 5 nitrogen and oxygen atoms in total. The van der Waals surface area contributed by atoms with E-state index in [-0.39, 0.29) is 30.4 Å². The maximum Gasteiger partial charge on any atom is 0.243 e. The lowest BCUT2D eigenvalue weighted by Gasteiger charge is -2.37. The molecule has 1 fully saturated rings. The lowest BCUT2D eigenvalue weighted by atomic mass is 9.92. The third-order valence-corrected chi connectivity index (χ3v) is 7.80. The van der Waals surface area contributed by atoms with E-state index in [1.807, 2.05) is 34.1 Å². The fourth-order valence-corrected chi connectivity index (χ4v) is 5.66. The highest BCUT2D eigenvalue weighted by Crippen LogP contribution is 2.38. The number of hydrogen-bond donors (Lipinski definition) is 0. The average Bonchev–Trinajstić information content (AvgIpc) is 3.58. The second-order valence-corrected chi connectivity index (χ2v) is 10.2. The fraction of sp³-hybridized carbons (Fsp3) is 0.357. The summed E-state index contributed by atoms with van der Waals surface area (Å²) < 4.78 is 5.22. The first-order valence-corrected chi connectivity index (χ1v) is 12.8. The topological polar surface area (TPSA) is 49.9 Å². The van der Waals surface area contributed by atoms with Gasteiger partial charge in [0.05, 0.1) is 19.6 Å². The minimum absolute atomic E-state index is 0.0149. The highest BCUT2D eigenvalue weighted by Gasteiger charge is 2.38. The molecule has 0 bridgehead atoms. The quantitative estimate of drug-likeness (QED) is 0.496. The molecule has 0 N–H and O–H groups in total. The van der Waals surface area contributed by atoms with Crippen LogP contribution in [0.4, 0.5) is 0 Å². The number of carbonyl (C=O) groups excluding carboxylic acids is 2. The van der Waals surface area contributed by atoms with E-state index in [4.69, 9.17) is 4.74 Å². The van der Waals surface area contributed by atoms with E-state index in [2.05, 4.69) is 42.6 Å². The molecule has 176 valence electrons. The van der Waals surface area contributed by atoms with E-state index < -0.39 is 0 Å². The lowest BCUT2D eigenvalue weighted by molar-refractivity contribution is -0.142. The Labute approximate surface area is 205 Å². The van der Waals surface area contributed by atoms with E-state index in [1.165, 1.54) is 16.0 Å². The Morgan fingerprint density at radius 3 is 2.47 bits per heavy atom. The van der Waals surface area contributed by atoms with Crippen LogP contribution in [-0.4, -0.2) is 47.9 Å². The highest BCUT2D eigenvalue weighted by molar-refractivity contribution is 7.10. The smallest absolute Gasteiger partial charge is 0.243 e. The monoisotopic (exact) mass is 474 g/mol. The van der Waals surface area contributed by atoms with Gasteiger partial charge in [0.1, 0.15) is 12.3 Å². The molecule has 1 unspecified atom stereocenters. The summed E-state index contributed by atoms with van der Waals surface area (Å²) in [6, 6.07) is 18.3. The number of amides is 2. The fourth-order valence-electron chi connectivity index (χ4n) is 4.76. The average molecular weight is 475 g/mol. The second kappa shape index (κ2) is 9.63. The first-order valence-electron chi connectivity index (χ1n) is 11.9. The molecule has 0 radical (unpaired) electrons. The van der Waals surface area contributed by atoms with Crippen molar-refractivity contribution in [1.82, 2.24) is 9.80 Å². The van der Waals surface area contributed by atoms with Crippen molar-refractivity contribution in [1.29, 1.82) is 0 Å². The van der Waals surface area contributed by atoms with E-state index >= 15 is 0 Å². The van der Waals surface area contributed by atoms with Crippen molar-refractivity contribution < 1.29 is 14.3 Å². The number of aryl methyl sites for hydroxylation is 1. The van der Waals surface area contributed by atoms with Gasteiger partial charge in [0.25, 0.3) is 0 Å². The van der Waals surface area contributed by atoms with Crippen molar-refractivity contribution in [3.05, 3.63) is 87.1 Å². The standard InChI is InChI=1S/C28H30N2O3S/c1-19-3-7-21(8-4-19)28-24-14-16-34-25(24)13-15-29(28)27(32)18-30(22-9-10-22)26(31)17-20-5-11-23(33-2)12-6-20/h3-8,11-12,14,16,22,28H,9-10,13,15,17-18H2,1-2H3. The first-order chi connectivity index (χ1) is 16.5. The Balaban J connectivity index is 1.35. The molecule has 2 heterocycles. The van der Waals surface area contributed by atoms with Gasteiger partial charge in [-0.25, -0.2) is 0 Å². The minimum atomic E-state index is -0.0964. The van der Waals surface area contributed by atoms with E-state index in [9.17, 15) is 9.59 Å². The van der Waals surface area contributed by atoms with Crippen LogP contribution in [0.5, 0.6) is 5.75 Å². The molecule has 1 aliphatic carbocycles. The maximum absolute atomic E-state index is 13.7. The second-order valence-electron chi connectivity index (χ2n) is 9.23. The number of thiophene rings is 1. The molecule has 0 saturated heterocycles. The van der Waals surface area contributed by atoms with E-state index in [1.54, 1.807) is 18.4 Å². The summed E-state index contributed by atoms with van der Waals surface area (Å²) in [6.07, 6.45) is 3.10. The van der Waals surface area contributed by atoms with E-state index in [0.29, 0.717) is 13.0 Å². The van der Waals surface area contributed by atoms with Gasteiger partial charge in [-0.05, 0) is 66.5 Å². The summed E-state index contributed by atoms with van der Waals surface area (Å²) in [6.45, 7) is 2.89. The van der Waals surface area contributed by atoms with Crippen molar-refractivity contribution >= 4 is 23.2 Å². The van der Waals surface area contributed by atoms with Gasteiger partial charge in [-0.1, -0.05) is 42.0 Å². The van der Waals surface area contributed by atoms with E-state index in [0.717, 1.165) is 36.1 Å². The molecule has 1 saturated carbocycles. The van der Waals surface area contributed by atoms with Crippen molar-refractivity contribution in [3.8, 4) is 5.75 Å². The van der Waals surface area contributed by atoms with Crippen LogP contribution in [0.3, 0.4) is 0 Å². The molecule has 34 heavy (non-hydrogen) atoms. The lowest BCUT2D eigenvalue weighted by Crippen LogP contribution is -2.47. The highest BCUT2D eigenvalue weighted by atomic mass is 32.1. The number of nitrogens with zero attached hydrogens (tertiary/aromatic N) is 2. The summed E-state index contributed by atoms with van der Waals surface area (Å²) in [5, 5.41) is 2.12.